The van der Waals surface area contributed by atoms with Crippen molar-refractivity contribution in [2.24, 2.45) is 0 Å². The molecule has 1 saturated heterocycles. The van der Waals surface area contributed by atoms with Crippen LogP contribution in [0.4, 0.5) is 13.2 Å². The van der Waals surface area contributed by atoms with Gasteiger partial charge in [-0.15, -0.1) is 0 Å². The number of aromatic nitrogens is 1. The second-order valence-electron chi connectivity index (χ2n) is 5.20. The van der Waals surface area contributed by atoms with Crippen LogP contribution >= 0.6 is 0 Å². The molecule has 21 heavy (non-hydrogen) atoms. The quantitative estimate of drug-likeness (QED) is 0.925. The number of nitrogens with zero attached hydrogens (tertiary/aromatic N) is 2. The molecule has 1 N–H and O–H groups in total. The monoisotopic (exact) mass is 299 g/mol. The molecule has 0 unspecified atom stereocenters. The number of hydrogen-bond donors (Lipinski definition) is 1. The van der Waals surface area contributed by atoms with Crippen LogP contribution in [0, 0.1) is 0 Å². The Kier molecular flexibility index (Phi) is 3.86. The van der Waals surface area contributed by atoms with Gasteiger partial charge in [0.25, 0.3) is 0 Å². The third-order valence-corrected chi connectivity index (χ3v) is 3.53. The van der Waals surface area contributed by atoms with Gasteiger partial charge in [-0.1, -0.05) is 6.07 Å². The van der Waals surface area contributed by atoms with Crippen molar-refractivity contribution in [2.45, 2.75) is 19.1 Å². The highest BCUT2D eigenvalue weighted by Crippen LogP contribution is 2.31. The molecular formula is C14H16F3N3O. The lowest BCUT2D eigenvalue weighted by Gasteiger charge is -2.19. The first-order valence-corrected chi connectivity index (χ1v) is 6.92. The van der Waals surface area contributed by atoms with Crippen molar-refractivity contribution >= 4 is 11.1 Å². The maximum atomic E-state index is 12.6. The Morgan fingerprint density at radius 1 is 1.24 bits per heavy atom. The molecule has 3 rings (SSSR count). The van der Waals surface area contributed by atoms with E-state index in [1.165, 1.54) is 0 Å². The van der Waals surface area contributed by atoms with E-state index in [0.717, 1.165) is 38.2 Å². The van der Waals surface area contributed by atoms with Crippen molar-refractivity contribution in [3.8, 4) is 0 Å². The summed E-state index contributed by atoms with van der Waals surface area (Å²) in [7, 11) is 0. The number of benzene rings is 1. The summed E-state index contributed by atoms with van der Waals surface area (Å²) in [6.45, 7) is 4.58. The lowest BCUT2D eigenvalue weighted by atomic mass is 10.2. The number of nitrogens with one attached hydrogen (secondary N) is 1. The lowest BCUT2D eigenvalue weighted by molar-refractivity contribution is -0.156. The van der Waals surface area contributed by atoms with E-state index in [1.54, 1.807) is 18.2 Å². The van der Waals surface area contributed by atoms with Crippen molar-refractivity contribution < 1.29 is 17.6 Å². The van der Waals surface area contributed by atoms with Crippen LogP contribution < -0.4 is 5.32 Å². The minimum atomic E-state index is -4.55. The van der Waals surface area contributed by atoms with E-state index < -0.39 is 12.1 Å². The van der Waals surface area contributed by atoms with E-state index in [9.17, 15) is 13.2 Å². The van der Waals surface area contributed by atoms with Gasteiger partial charge < -0.3 is 9.73 Å². The molecule has 0 aliphatic carbocycles. The first-order valence-electron chi connectivity index (χ1n) is 6.92. The van der Waals surface area contributed by atoms with Gasteiger partial charge in [0, 0.05) is 19.6 Å². The minimum absolute atomic E-state index is 0.170. The molecule has 1 aliphatic heterocycles. The molecular weight excluding hydrogens is 283 g/mol. The van der Waals surface area contributed by atoms with Crippen LogP contribution in [-0.4, -0.2) is 36.1 Å². The molecule has 2 aromatic rings. The molecule has 4 nitrogen and oxygen atoms in total. The Morgan fingerprint density at radius 3 is 2.90 bits per heavy atom. The molecule has 0 radical (unpaired) electrons. The largest absolute Gasteiger partial charge is 0.468 e. The number of rotatable bonds is 2. The molecule has 1 aromatic heterocycles. The maximum Gasteiger partial charge on any atom is 0.468 e. The highest BCUT2D eigenvalue weighted by molar-refractivity contribution is 5.73. The summed E-state index contributed by atoms with van der Waals surface area (Å²) in [6.07, 6.45) is -3.47. The second kappa shape index (κ2) is 5.65. The summed E-state index contributed by atoms with van der Waals surface area (Å²) in [5.74, 6) is -1.19. The molecule has 7 heteroatoms. The van der Waals surface area contributed by atoms with Crippen LogP contribution in [0.1, 0.15) is 17.9 Å². The third-order valence-electron chi connectivity index (χ3n) is 3.53. The van der Waals surface area contributed by atoms with E-state index in [2.05, 4.69) is 15.2 Å². The molecule has 0 spiro atoms. The molecule has 2 heterocycles. The topological polar surface area (TPSA) is 41.3 Å². The average molecular weight is 299 g/mol. The number of oxazole rings is 1. The van der Waals surface area contributed by atoms with Crippen molar-refractivity contribution in [1.29, 1.82) is 0 Å². The van der Waals surface area contributed by atoms with E-state index >= 15 is 0 Å². The zero-order valence-corrected chi connectivity index (χ0v) is 11.4. The van der Waals surface area contributed by atoms with Crippen LogP contribution in [0.25, 0.3) is 11.1 Å². The SMILES string of the molecule is FC(F)(F)c1nc2cc(CN3CCCNCC3)ccc2o1. The fourth-order valence-corrected chi connectivity index (χ4v) is 2.51. The zero-order valence-electron chi connectivity index (χ0n) is 11.4. The van der Waals surface area contributed by atoms with Gasteiger partial charge in [0.1, 0.15) is 5.52 Å². The van der Waals surface area contributed by atoms with Crippen molar-refractivity contribution in [1.82, 2.24) is 15.2 Å². The molecule has 0 amide bonds. The molecule has 0 saturated carbocycles. The molecule has 0 bridgehead atoms. The predicted octanol–water partition coefficient (Wildman–Crippen LogP) is 2.64. The molecule has 114 valence electrons. The first kappa shape index (κ1) is 14.3. The normalized spacial score (nSPS) is 18.0. The van der Waals surface area contributed by atoms with Crippen molar-refractivity contribution in [3.63, 3.8) is 0 Å². The fourth-order valence-electron chi connectivity index (χ4n) is 2.51. The molecule has 1 fully saturated rings. The Labute approximate surface area is 119 Å². The van der Waals surface area contributed by atoms with Gasteiger partial charge in [-0.2, -0.15) is 13.2 Å². The van der Waals surface area contributed by atoms with Gasteiger partial charge in [0.15, 0.2) is 5.58 Å². The predicted molar refractivity (Wildman–Crippen MR) is 71.8 cm³/mol. The van der Waals surface area contributed by atoms with Crippen molar-refractivity contribution in [3.05, 3.63) is 29.7 Å². The zero-order chi connectivity index (χ0) is 14.9. The van der Waals surface area contributed by atoms with Gasteiger partial charge in [-0.3, -0.25) is 4.90 Å². The Hall–Kier alpha value is -1.60. The summed E-state index contributed by atoms with van der Waals surface area (Å²) in [6, 6.07) is 5.03. The minimum Gasteiger partial charge on any atom is -0.433 e. The van der Waals surface area contributed by atoms with E-state index in [0.29, 0.717) is 6.54 Å². The van der Waals surface area contributed by atoms with Gasteiger partial charge in [0.2, 0.25) is 0 Å². The second-order valence-corrected chi connectivity index (χ2v) is 5.20. The lowest BCUT2D eigenvalue weighted by Crippen LogP contribution is -2.27. The standard InChI is InChI=1S/C14H16F3N3O/c15-14(16,17)13-19-11-8-10(2-3-12(11)21-13)9-20-6-1-4-18-5-7-20/h2-3,8,18H,1,4-7,9H2. The average Bonchev–Trinajstić information content (AvgIpc) is 2.69. The van der Waals surface area contributed by atoms with Crippen LogP contribution in [0.2, 0.25) is 0 Å². The van der Waals surface area contributed by atoms with E-state index in [-0.39, 0.29) is 11.1 Å². The maximum absolute atomic E-state index is 12.6. The van der Waals surface area contributed by atoms with Crippen LogP contribution in [0.5, 0.6) is 0 Å². The van der Waals surface area contributed by atoms with E-state index in [4.69, 9.17) is 4.42 Å². The number of halogens is 3. The van der Waals surface area contributed by atoms with Crippen LogP contribution in [0.15, 0.2) is 22.6 Å². The summed E-state index contributed by atoms with van der Waals surface area (Å²) < 4.78 is 42.5. The van der Waals surface area contributed by atoms with Gasteiger partial charge in [-0.05, 0) is 37.2 Å². The highest BCUT2D eigenvalue weighted by Gasteiger charge is 2.37. The summed E-state index contributed by atoms with van der Waals surface area (Å²) >= 11 is 0. The van der Waals surface area contributed by atoms with Gasteiger partial charge >= 0.3 is 12.1 Å². The fraction of sp³-hybridized carbons (Fsp3) is 0.500. The Balaban J connectivity index is 1.80. The van der Waals surface area contributed by atoms with Gasteiger partial charge in [-0.25, -0.2) is 4.98 Å². The summed E-state index contributed by atoms with van der Waals surface area (Å²) in [4.78, 5) is 5.82. The Morgan fingerprint density at radius 2 is 2.10 bits per heavy atom. The number of fused-ring (bicyclic) bond motifs is 1. The molecule has 1 aliphatic rings. The van der Waals surface area contributed by atoms with Crippen LogP contribution in [0.3, 0.4) is 0 Å². The number of alkyl halides is 3. The van der Waals surface area contributed by atoms with Crippen molar-refractivity contribution in [2.75, 3.05) is 26.2 Å². The third kappa shape index (κ3) is 3.36. The van der Waals surface area contributed by atoms with E-state index in [1.807, 2.05) is 0 Å². The first-order chi connectivity index (χ1) is 10.0. The van der Waals surface area contributed by atoms with Crippen LogP contribution in [-0.2, 0) is 12.7 Å². The molecule has 0 atom stereocenters. The summed E-state index contributed by atoms with van der Waals surface area (Å²) in [5.41, 5.74) is 1.38. The smallest absolute Gasteiger partial charge is 0.433 e. The number of hydrogen-bond acceptors (Lipinski definition) is 4. The molecule has 1 aromatic carbocycles. The highest BCUT2D eigenvalue weighted by atomic mass is 19.4. The Bertz CT molecular complexity index is 615. The van der Waals surface area contributed by atoms with Gasteiger partial charge in [0.05, 0.1) is 0 Å². The summed E-state index contributed by atoms with van der Waals surface area (Å²) in [5, 5.41) is 3.32.